The first-order valence-electron chi connectivity index (χ1n) is 5.51. The first kappa shape index (κ1) is 13.8. The van der Waals surface area contributed by atoms with Gasteiger partial charge in [-0.3, -0.25) is 0 Å². The van der Waals surface area contributed by atoms with Gasteiger partial charge in [0.25, 0.3) is 0 Å². The zero-order valence-electron chi connectivity index (χ0n) is 9.50. The van der Waals surface area contributed by atoms with Crippen molar-refractivity contribution in [3.63, 3.8) is 0 Å². The van der Waals surface area contributed by atoms with E-state index in [1.165, 1.54) is 5.56 Å². The Bertz CT molecular complexity index is 320. The number of rotatable bonds is 7. The van der Waals surface area contributed by atoms with Gasteiger partial charge < -0.3 is 10.4 Å². The van der Waals surface area contributed by atoms with Crippen molar-refractivity contribution in [2.75, 3.05) is 18.9 Å². The number of aliphatic hydroxyl groups excluding tert-OH is 1. The van der Waals surface area contributed by atoms with E-state index in [0.717, 1.165) is 35.2 Å². The lowest BCUT2D eigenvalue weighted by Crippen LogP contribution is -2.12. The Balaban J connectivity index is 2.69. The van der Waals surface area contributed by atoms with Crippen LogP contribution in [0.3, 0.4) is 0 Å². The van der Waals surface area contributed by atoms with Crippen molar-refractivity contribution >= 4 is 23.4 Å². The molecule has 0 aromatic heterocycles. The van der Waals surface area contributed by atoms with Gasteiger partial charge in [-0.25, -0.2) is 0 Å². The molecule has 1 aromatic carbocycles. The molecule has 16 heavy (non-hydrogen) atoms. The van der Waals surface area contributed by atoms with Crippen molar-refractivity contribution in [1.29, 1.82) is 0 Å². The molecule has 0 saturated heterocycles. The second kappa shape index (κ2) is 7.96. The highest BCUT2D eigenvalue weighted by atomic mass is 35.5. The van der Waals surface area contributed by atoms with Crippen LogP contribution >= 0.6 is 23.4 Å². The summed E-state index contributed by atoms with van der Waals surface area (Å²) in [7, 11) is 0. The van der Waals surface area contributed by atoms with E-state index < -0.39 is 0 Å². The van der Waals surface area contributed by atoms with Crippen LogP contribution in [0.5, 0.6) is 0 Å². The molecule has 0 saturated carbocycles. The van der Waals surface area contributed by atoms with Gasteiger partial charge in [-0.05, 0) is 24.6 Å². The van der Waals surface area contributed by atoms with Crippen molar-refractivity contribution in [1.82, 2.24) is 5.32 Å². The Kier molecular flexibility index (Phi) is 6.88. The van der Waals surface area contributed by atoms with Crippen LogP contribution in [-0.2, 0) is 6.54 Å². The van der Waals surface area contributed by atoms with Crippen LogP contribution in [0.25, 0.3) is 0 Å². The molecule has 0 heterocycles. The molecule has 1 aromatic rings. The third kappa shape index (κ3) is 4.34. The number of nitrogens with one attached hydrogen (secondary N) is 1. The van der Waals surface area contributed by atoms with E-state index in [0.29, 0.717) is 0 Å². The molecule has 0 aliphatic carbocycles. The molecule has 0 aliphatic rings. The molecule has 0 fully saturated rings. The predicted molar refractivity (Wildman–Crippen MR) is 71.3 cm³/mol. The largest absolute Gasteiger partial charge is 0.396 e. The van der Waals surface area contributed by atoms with Crippen molar-refractivity contribution < 1.29 is 5.11 Å². The summed E-state index contributed by atoms with van der Waals surface area (Å²) in [5, 5.41) is 12.9. The summed E-state index contributed by atoms with van der Waals surface area (Å²) in [4.78, 5) is 1.14. The molecule has 1 rings (SSSR count). The fraction of sp³-hybridized carbons (Fsp3) is 0.500. The topological polar surface area (TPSA) is 32.3 Å². The van der Waals surface area contributed by atoms with Gasteiger partial charge in [0.2, 0.25) is 0 Å². The number of thioether (sulfide) groups is 1. The number of halogens is 1. The minimum Gasteiger partial charge on any atom is -0.396 e. The van der Waals surface area contributed by atoms with Crippen LogP contribution in [0.2, 0.25) is 5.02 Å². The van der Waals surface area contributed by atoms with Crippen molar-refractivity contribution in [2.45, 2.75) is 24.8 Å². The minimum absolute atomic E-state index is 0.236. The summed E-state index contributed by atoms with van der Waals surface area (Å²) in [6, 6.07) is 5.99. The van der Waals surface area contributed by atoms with E-state index >= 15 is 0 Å². The molecule has 0 bridgehead atoms. The van der Waals surface area contributed by atoms with Gasteiger partial charge in [-0.1, -0.05) is 30.7 Å². The Morgan fingerprint density at radius 2 is 2.25 bits per heavy atom. The SMILES string of the molecule is CCNCc1cccc(Cl)c1SCCCO. The second-order valence-electron chi connectivity index (χ2n) is 3.43. The third-order valence-corrected chi connectivity index (χ3v) is 3.85. The molecule has 0 amide bonds. The fourth-order valence-corrected chi connectivity index (χ4v) is 2.72. The second-order valence-corrected chi connectivity index (χ2v) is 4.95. The smallest absolute Gasteiger partial charge is 0.0545 e. The van der Waals surface area contributed by atoms with E-state index in [1.807, 2.05) is 12.1 Å². The zero-order chi connectivity index (χ0) is 11.8. The number of benzene rings is 1. The summed E-state index contributed by atoms with van der Waals surface area (Å²) in [5.41, 5.74) is 1.23. The van der Waals surface area contributed by atoms with Crippen LogP contribution < -0.4 is 5.32 Å². The number of aliphatic hydroxyl groups is 1. The molecule has 2 N–H and O–H groups in total. The molecule has 0 spiro atoms. The molecule has 90 valence electrons. The summed E-state index contributed by atoms with van der Waals surface area (Å²) in [6.45, 7) is 4.12. The van der Waals surface area contributed by atoms with Crippen LogP contribution in [0.15, 0.2) is 23.1 Å². The van der Waals surface area contributed by atoms with Crippen LogP contribution in [0.4, 0.5) is 0 Å². The zero-order valence-corrected chi connectivity index (χ0v) is 11.1. The van der Waals surface area contributed by atoms with Gasteiger partial charge in [0.15, 0.2) is 0 Å². The van der Waals surface area contributed by atoms with Crippen LogP contribution in [0, 0.1) is 0 Å². The Hall–Kier alpha value is -0.220. The lowest BCUT2D eigenvalue weighted by molar-refractivity contribution is 0.296. The van der Waals surface area contributed by atoms with Gasteiger partial charge in [0.05, 0.1) is 5.02 Å². The van der Waals surface area contributed by atoms with E-state index in [-0.39, 0.29) is 6.61 Å². The van der Waals surface area contributed by atoms with E-state index in [9.17, 15) is 0 Å². The summed E-state index contributed by atoms with van der Waals surface area (Å²) >= 11 is 7.89. The van der Waals surface area contributed by atoms with Gasteiger partial charge in [0.1, 0.15) is 0 Å². The minimum atomic E-state index is 0.236. The molecule has 0 unspecified atom stereocenters. The number of hydrogen-bond donors (Lipinski definition) is 2. The standard InChI is InChI=1S/C12H18ClNOS/c1-2-14-9-10-5-3-6-11(13)12(10)16-8-4-7-15/h3,5-6,14-15H,2,4,7-9H2,1H3. The fourth-order valence-electron chi connectivity index (χ4n) is 1.35. The maximum Gasteiger partial charge on any atom is 0.0545 e. The molecule has 0 atom stereocenters. The molecule has 2 nitrogen and oxygen atoms in total. The molecular weight excluding hydrogens is 242 g/mol. The summed E-state index contributed by atoms with van der Waals surface area (Å²) in [5.74, 6) is 0.902. The maximum atomic E-state index is 8.77. The Morgan fingerprint density at radius 3 is 2.94 bits per heavy atom. The van der Waals surface area contributed by atoms with Gasteiger partial charge in [0, 0.05) is 23.8 Å². The molecular formula is C12H18ClNOS. The summed E-state index contributed by atoms with van der Waals surface area (Å²) < 4.78 is 0. The maximum absolute atomic E-state index is 8.77. The van der Waals surface area contributed by atoms with E-state index in [2.05, 4.69) is 18.3 Å². The van der Waals surface area contributed by atoms with Gasteiger partial charge >= 0.3 is 0 Å². The van der Waals surface area contributed by atoms with Crippen LogP contribution in [0.1, 0.15) is 18.9 Å². The molecule has 0 aliphatic heterocycles. The number of hydrogen-bond acceptors (Lipinski definition) is 3. The molecule has 0 radical (unpaired) electrons. The first-order chi connectivity index (χ1) is 7.79. The Morgan fingerprint density at radius 1 is 1.44 bits per heavy atom. The van der Waals surface area contributed by atoms with Crippen LogP contribution in [-0.4, -0.2) is 24.0 Å². The highest BCUT2D eigenvalue weighted by molar-refractivity contribution is 7.99. The highest BCUT2D eigenvalue weighted by Gasteiger charge is 2.06. The van der Waals surface area contributed by atoms with E-state index in [4.69, 9.17) is 16.7 Å². The Labute approximate surface area is 106 Å². The summed E-state index contributed by atoms with van der Waals surface area (Å²) in [6.07, 6.45) is 0.802. The monoisotopic (exact) mass is 259 g/mol. The van der Waals surface area contributed by atoms with Crippen molar-refractivity contribution in [3.05, 3.63) is 28.8 Å². The average Bonchev–Trinajstić information content (AvgIpc) is 2.29. The normalized spacial score (nSPS) is 10.7. The molecule has 4 heteroatoms. The lowest BCUT2D eigenvalue weighted by Gasteiger charge is -2.11. The lowest BCUT2D eigenvalue weighted by atomic mass is 10.2. The van der Waals surface area contributed by atoms with Gasteiger partial charge in [-0.15, -0.1) is 11.8 Å². The van der Waals surface area contributed by atoms with Crippen molar-refractivity contribution in [3.8, 4) is 0 Å². The highest BCUT2D eigenvalue weighted by Crippen LogP contribution is 2.31. The van der Waals surface area contributed by atoms with E-state index in [1.54, 1.807) is 11.8 Å². The predicted octanol–water partition coefficient (Wildman–Crippen LogP) is 2.92. The average molecular weight is 260 g/mol. The van der Waals surface area contributed by atoms with Gasteiger partial charge in [-0.2, -0.15) is 0 Å². The third-order valence-electron chi connectivity index (χ3n) is 2.16. The quantitative estimate of drug-likeness (QED) is 0.583. The van der Waals surface area contributed by atoms with Crippen molar-refractivity contribution in [2.24, 2.45) is 0 Å². The first-order valence-corrected chi connectivity index (χ1v) is 6.87.